The minimum atomic E-state index is -0.418. The van der Waals surface area contributed by atoms with Gasteiger partial charge in [0.25, 0.3) is 5.91 Å². The third-order valence-corrected chi connectivity index (χ3v) is 5.16. The summed E-state index contributed by atoms with van der Waals surface area (Å²) in [5, 5.41) is 2.87. The smallest absolute Gasteiger partial charge is 0.258 e. The van der Waals surface area contributed by atoms with Crippen molar-refractivity contribution in [3.8, 4) is 0 Å². The van der Waals surface area contributed by atoms with Crippen molar-refractivity contribution in [2.45, 2.75) is 18.6 Å². The summed E-state index contributed by atoms with van der Waals surface area (Å²) in [6, 6.07) is 7.66. The summed E-state index contributed by atoms with van der Waals surface area (Å²) in [6.07, 6.45) is 4.72. The predicted molar refractivity (Wildman–Crippen MR) is 107 cm³/mol. The molecule has 8 nitrogen and oxygen atoms in total. The summed E-state index contributed by atoms with van der Waals surface area (Å²) in [5.41, 5.74) is 2.23. The molecule has 0 radical (unpaired) electrons. The lowest BCUT2D eigenvalue weighted by atomic mass is 10.0. The van der Waals surface area contributed by atoms with E-state index in [4.69, 9.17) is 9.47 Å². The lowest BCUT2D eigenvalue weighted by Crippen LogP contribution is -2.45. The van der Waals surface area contributed by atoms with E-state index in [1.807, 2.05) is 43.3 Å². The van der Waals surface area contributed by atoms with Crippen molar-refractivity contribution in [1.29, 1.82) is 0 Å². The summed E-state index contributed by atoms with van der Waals surface area (Å²) >= 11 is 0. The van der Waals surface area contributed by atoms with Crippen LogP contribution in [0.1, 0.15) is 23.2 Å². The molecule has 1 N–H and O–H groups in total. The first-order valence-electron chi connectivity index (χ1n) is 9.48. The van der Waals surface area contributed by atoms with Crippen LogP contribution in [0.5, 0.6) is 0 Å². The Morgan fingerprint density at radius 1 is 1.07 bits per heavy atom. The molecule has 4 rings (SSSR count). The number of hydrogen-bond acceptors (Lipinski definition) is 7. The molecule has 2 aliphatic rings. The second-order valence-corrected chi connectivity index (χ2v) is 7.26. The topological polar surface area (TPSA) is 79.8 Å². The van der Waals surface area contributed by atoms with Crippen LogP contribution < -0.4 is 15.1 Å². The van der Waals surface area contributed by atoms with E-state index in [0.717, 1.165) is 37.3 Å². The van der Waals surface area contributed by atoms with Gasteiger partial charge in [0, 0.05) is 63.8 Å². The third kappa shape index (κ3) is 3.93. The highest BCUT2D eigenvalue weighted by molar-refractivity contribution is 6.03. The molecule has 2 aliphatic heterocycles. The maximum absolute atomic E-state index is 12.4. The number of nitrogens with one attached hydrogen (secondary N) is 1. The molecule has 2 fully saturated rings. The number of rotatable bonds is 4. The second kappa shape index (κ2) is 7.73. The first-order valence-corrected chi connectivity index (χ1v) is 9.48. The monoisotopic (exact) mass is 383 g/mol. The highest BCUT2D eigenvalue weighted by atomic mass is 16.7. The Labute approximate surface area is 164 Å². The van der Waals surface area contributed by atoms with Crippen molar-refractivity contribution in [3.63, 3.8) is 0 Å². The van der Waals surface area contributed by atoms with Gasteiger partial charge in [-0.15, -0.1) is 0 Å². The van der Waals surface area contributed by atoms with Gasteiger partial charge in [0.2, 0.25) is 5.95 Å². The van der Waals surface area contributed by atoms with Crippen LogP contribution in [0.15, 0.2) is 36.7 Å². The van der Waals surface area contributed by atoms with Crippen molar-refractivity contribution < 1.29 is 14.3 Å². The van der Waals surface area contributed by atoms with Gasteiger partial charge in [-0.05, 0) is 24.3 Å². The van der Waals surface area contributed by atoms with Gasteiger partial charge < -0.3 is 24.6 Å². The van der Waals surface area contributed by atoms with Crippen LogP contribution in [-0.2, 0) is 9.47 Å². The molecule has 2 saturated heterocycles. The molecule has 1 spiro atoms. The van der Waals surface area contributed by atoms with E-state index < -0.39 is 5.79 Å². The Balaban J connectivity index is 1.35. The van der Waals surface area contributed by atoms with Gasteiger partial charge in [0.1, 0.15) is 0 Å². The normalized spacial score (nSPS) is 18.3. The van der Waals surface area contributed by atoms with Crippen molar-refractivity contribution in [2.24, 2.45) is 0 Å². The number of nitrogens with zero attached hydrogens (tertiary/aromatic N) is 4. The zero-order chi connectivity index (χ0) is 19.6. The molecule has 148 valence electrons. The number of aromatic nitrogens is 2. The summed E-state index contributed by atoms with van der Waals surface area (Å²) in [7, 11) is 3.95. The predicted octanol–water partition coefficient (Wildman–Crippen LogP) is 2.14. The Morgan fingerprint density at radius 2 is 1.68 bits per heavy atom. The van der Waals surface area contributed by atoms with E-state index >= 15 is 0 Å². The molecule has 1 aromatic heterocycles. The summed E-state index contributed by atoms with van der Waals surface area (Å²) in [6.45, 7) is 2.86. The van der Waals surface area contributed by atoms with E-state index in [1.165, 1.54) is 0 Å². The Kier molecular flexibility index (Phi) is 5.15. The highest BCUT2D eigenvalue weighted by Crippen LogP contribution is 2.32. The Morgan fingerprint density at radius 3 is 2.25 bits per heavy atom. The number of hydrogen-bond donors (Lipinski definition) is 1. The lowest BCUT2D eigenvalue weighted by Gasteiger charge is -2.37. The second-order valence-electron chi connectivity index (χ2n) is 7.26. The van der Waals surface area contributed by atoms with Crippen molar-refractivity contribution in [2.75, 3.05) is 55.5 Å². The van der Waals surface area contributed by atoms with Gasteiger partial charge in [0.05, 0.1) is 18.8 Å². The molecule has 1 aromatic carbocycles. The quantitative estimate of drug-likeness (QED) is 0.866. The molecular formula is C20H25N5O3. The van der Waals surface area contributed by atoms with Crippen LogP contribution in [0, 0.1) is 0 Å². The molecule has 0 unspecified atom stereocenters. The van der Waals surface area contributed by atoms with Gasteiger partial charge in [-0.2, -0.15) is 0 Å². The minimum absolute atomic E-state index is 0.227. The van der Waals surface area contributed by atoms with Gasteiger partial charge in [-0.25, -0.2) is 9.97 Å². The Hall–Kier alpha value is -2.71. The van der Waals surface area contributed by atoms with Crippen LogP contribution in [0.25, 0.3) is 0 Å². The zero-order valence-electron chi connectivity index (χ0n) is 16.2. The molecule has 3 heterocycles. The van der Waals surface area contributed by atoms with Crippen LogP contribution in [0.3, 0.4) is 0 Å². The maximum atomic E-state index is 12.4. The number of ether oxygens (including phenoxy) is 2. The van der Waals surface area contributed by atoms with E-state index in [0.29, 0.717) is 24.7 Å². The fourth-order valence-corrected chi connectivity index (χ4v) is 3.48. The largest absolute Gasteiger partial charge is 0.378 e. The molecule has 0 bridgehead atoms. The van der Waals surface area contributed by atoms with Crippen LogP contribution >= 0.6 is 0 Å². The van der Waals surface area contributed by atoms with Crippen LogP contribution in [0.4, 0.5) is 17.3 Å². The maximum Gasteiger partial charge on any atom is 0.258 e. The number of carbonyl (C=O) groups excluding carboxylic acids is 1. The molecule has 0 atom stereocenters. The molecule has 8 heteroatoms. The summed E-state index contributed by atoms with van der Waals surface area (Å²) in [5.74, 6) is -0.0208. The van der Waals surface area contributed by atoms with Crippen LogP contribution in [-0.4, -0.2) is 62.1 Å². The molecule has 28 heavy (non-hydrogen) atoms. The van der Waals surface area contributed by atoms with Crippen LogP contribution in [0.2, 0.25) is 0 Å². The third-order valence-electron chi connectivity index (χ3n) is 5.16. The number of anilines is 3. The SMILES string of the molecule is CN(C)c1ccc(NC(=O)c2cnc(N3CCC4(CC3)OCCO4)nc2)cc1. The lowest BCUT2D eigenvalue weighted by molar-refractivity contribution is -0.169. The van der Waals surface area contributed by atoms with E-state index in [1.54, 1.807) is 12.4 Å². The molecular weight excluding hydrogens is 358 g/mol. The molecule has 2 aromatic rings. The number of benzene rings is 1. The number of piperidine rings is 1. The first-order chi connectivity index (χ1) is 13.5. The first kappa shape index (κ1) is 18.6. The molecule has 1 amide bonds. The zero-order valence-corrected chi connectivity index (χ0v) is 16.2. The van der Waals surface area contributed by atoms with Gasteiger partial charge in [0.15, 0.2) is 5.79 Å². The number of carbonyl (C=O) groups is 1. The minimum Gasteiger partial charge on any atom is -0.378 e. The average molecular weight is 383 g/mol. The van der Waals surface area contributed by atoms with Crippen molar-refractivity contribution in [3.05, 3.63) is 42.2 Å². The Bertz CT molecular complexity index is 807. The van der Waals surface area contributed by atoms with Gasteiger partial charge in [-0.1, -0.05) is 0 Å². The van der Waals surface area contributed by atoms with Gasteiger partial charge >= 0.3 is 0 Å². The van der Waals surface area contributed by atoms with Crippen molar-refractivity contribution in [1.82, 2.24) is 9.97 Å². The van der Waals surface area contributed by atoms with E-state index in [2.05, 4.69) is 20.2 Å². The van der Waals surface area contributed by atoms with Crippen molar-refractivity contribution >= 4 is 23.2 Å². The fourth-order valence-electron chi connectivity index (χ4n) is 3.48. The standard InChI is InChI=1S/C20H25N5O3/c1-24(2)17-5-3-16(4-6-17)23-18(26)15-13-21-19(22-14-15)25-9-7-20(8-10-25)27-11-12-28-20/h3-6,13-14H,7-12H2,1-2H3,(H,23,26). The van der Waals surface area contributed by atoms with E-state index in [-0.39, 0.29) is 5.91 Å². The highest BCUT2D eigenvalue weighted by Gasteiger charge is 2.40. The average Bonchev–Trinajstić information content (AvgIpc) is 3.17. The molecule has 0 aliphatic carbocycles. The fraction of sp³-hybridized carbons (Fsp3) is 0.450. The molecule has 0 saturated carbocycles. The van der Waals surface area contributed by atoms with Gasteiger partial charge in [-0.3, -0.25) is 4.79 Å². The summed E-state index contributed by atoms with van der Waals surface area (Å²) < 4.78 is 11.5. The number of amides is 1. The van der Waals surface area contributed by atoms with E-state index in [9.17, 15) is 4.79 Å². The summed E-state index contributed by atoms with van der Waals surface area (Å²) in [4.78, 5) is 25.3.